The first-order valence-corrected chi connectivity index (χ1v) is 11.0. The average molecular weight is 467 g/mol. The molecule has 0 aliphatic rings. The van der Waals surface area contributed by atoms with Gasteiger partial charge < -0.3 is 18.9 Å². The first-order valence-electron chi connectivity index (χ1n) is 11.0. The van der Waals surface area contributed by atoms with Gasteiger partial charge in [0.1, 0.15) is 11.3 Å². The number of aromatic nitrogens is 1. The highest BCUT2D eigenvalue weighted by Gasteiger charge is 2.28. The molecule has 0 saturated heterocycles. The third kappa shape index (κ3) is 4.56. The van der Waals surface area contributed by atoms with Crippen molar-refractivity contribution in [1.29, 1.82) is 0 Å². The number of hydrogen-bond donors (Lipinski definition) is 1. The minimum atomic E-state index is -1.14. The van der Waals surface area contributed by atoms with E-state index in [4.69, 9.17) is 13.9 Å². The number of H-pyrrole nitrogens is 1. The summed E-state index contributed by atoms with van der Waals surface area (Å²) in [6, 6.07) is 22.7. The van der Waals surface area contributed by atoms with Crippen LogP contribution in [-0.2, 0) is 9.53 Å². The molecule has 7 nitrogen and oxygen atoms in total. The molecule has 0 spiro atoms. The average Bonchev–Trinajstić information content (AvgIpc) is 3.30. The number of Topliss-reactive ketones (excluding diaryl/α,β-unsaturated/α-hetero) is 1. The first-order chi connectivity index (χ1) is 17.0. The predicted molar refractivity (Wildman–Crippen MR) is 131 cm³/mol. The van der Waals surface area contributed by atoms with Crippen LogP contribution in [0.4, 0.5) is 0 Å². The maximum atomic E-state index is 13.5. The van der Waals surface area contributed by atoms with Crippen molar-refractivity contribution >= 4 is 33.6 Å². The topological polar surface area (TPSA) is 98.6 Å². The molecule has 5 rings (SSSR count). The number of hydrogen-bond acceptors (Lipinski definition) is 6. The number of aryl methyl sites for hydroxylation is 1. The van der Waals surface area contributed by atoms with Crippen molar-refractivity contribution in [2.45, 2.75) is 13.0 Å². The molecule has 0 bridgehead atoms. The minimum absolute atomic E-state index is 0.336. The highest BCUT2D eigenvalue weighted by Crippen LogP contribution is 2.28. The lowest BCUT2D eigenvalue weighted by Crippen LogP contribution is -2.23. The van der Waals surface area contributed by atoms with E-state index in [-0.39, 0.29) is 5.78 Å². The summed E-state index contributed by atoms with van der Waals surface area (Å²) in [6.45, 7) is 1.39. The predicted octanol–water partition coefficient (Wildman–Crippen LogP) is 5.13. The highest BCUT2D eigenvalue weighted by molar-refractivity contribution is 6.10. The number of esters is 1. The molecule has 3 aromatic carbocycles. The summed E-state index contributed by atoms with van der Waals surface area (Å²) in [5, 5.41) is 1.52. The summed E-state index contributed by atoms with van der Waals surface area (Å²) in [6.07, 6.45) is 0.488. The zero-order valence-electron chi connectivity index (χ0n) is 18.8. The summed E-state index contributed by atoms with van der Waals surface area (Å²) in [5.74, 6) is -0.717. The standard InChI is InChI=1S/C28H21NO6/c1-17-13-25(30)34-24-14-19(11-12-20(17)24)33-16-26(31)35-28(18-7-3-2-4-8-18)27(32)22-15-29-23-10-6-5-9-21(22)23/h2-15,28-29H,16H2,1H3/t28-/m1/s1. The molecule has 1 N–H and O–H groups in total. The Balaban J connectivity index is 1.36. The number of benzene rings is 3. The minimum Gasteiger partial charge on any atom is -0.482 e. The molecular weight excluding hydrogens is 446 g/mol. The summed E-state index contributed by atoms with van der Waals surface area (Å²) in [4.78, 5) is 40.9. The number of fused-ring (bicyclic) bond motifs is 2. The van der Waals surface area contributed by atoms with E-state index in [2.05, 4.69) is 4.98 Å². The fourth-order valence-electron chi connectivity index (χ4n) is 4.02. The molecule has 0 amide bonds. The van der Waals surface area contributed by atoms with Crippen molar-refractivity contribution in [3.8, 4) is 5.75 Å². The second-order valence-corrected chi connectivity index (χ2v) is 8.09. The molecule has 0 aliphatic heterocycles. The Morgan fingerprint density at radius 3 is 2.54 bits per heavy atom. The number of carbonyl (C=O) groups excluding carboxylic acids is 2. The maximum Gasteiger partial charge on any atom is 0.345 e. The van der Waals surface area contributed by atoms with Crippen LogP contribution in [0.5, 0.6) is 5.75 Å². The second kappa shape index (κ2) is 9.30. The van der Waals surface area contributed by atoms with Gasteiger partial charge in [0.2, 0.25) is 5.78 Å². The number of rotatable bonds is 7. The lowest BCUT2D eigenvalue weighted by atomic mass is 9.99. The zero-order valence-corrected chi connectivity index (χ0v) is 18.8. The monoisotopic (exact) mass is 467 g/mol. The van der Waals surface area contributed by atoms with Crippen molar-refractivity contribution in [2.75, 3.05) is 6.61 Å². The molecule has 1 atom stereocenters. The van der Waals surface area contributed by atoms with Crippen LogP contribution >= 0.6 is 0 Å². The van der Waals surface area contributed by atoms with Gasteiger partial charge in [0.15, 0.2) is 12.7 Å². The maximum absolute atomic E-state index is 13.5. The van der Waals surface area contributed by atoms with Gasteiger partial charge >= 0.3 is 11.6 Å². The summed E-state index contributed by atoms with van der Waals surface area (Å²) in [7, 11) is 0. The van der Waals surface area contributed by atoms with Gasteiger partial charge in [-0.2, -0.15) is 0 Å². The third-order valence-corrected chi connectivity index (χ3v) is 5.72. The van der Waals surface area contributed by atoms with Crippen molar-refractivity contribution in [3.05, 3.63) is 112 Å². The Labute approximate surface area is 199 Å². The molecular formula is C28H21NO6. The highest BCUT2D eigenvalue weighted by atomic mass is 16.6. The van der Waals surface area contributed by atoms with Gasteiger partial charge in [0.25, 0.3) is 0 Å². The van der Waals surface area contributed by atoms with E-state index < -0.39 is 24.3 Å². The van der Waals surface area contributed by atoms with Crippen molar-refractivity contribution in [3.63, 3.8) is 0 Å². The fourth-order valence-corrected chi connectivity index (χ4v) is 4.02. The first kappa shape index (κ1) is 22.2. The van der Waals surface area contributed by atoms with Gasteiger partial charge in [-0.15, -0.1) is 0 Å². The Kier molecular flexibility index (Phi) is 5.89. The largest absolute Gasteiger partial charge is 0.482 e. The zero-order chi connectivity index (χ0) is 24.4. The Bertz CT molecular complexity index is 1600. The van der Waals surface area contributed by atoms with Crippen LogP contribution in [0.2, 0.25) is 0 Å². The molecule has 0 unspecified atom stereocenters. The SMILES string of the molecule is Cc1cc(=O)oc2cc(OCC(=O)O[C@@H](C(=O)c3c[nH]c4ccccc34)c3ccccc3)ccc12. The van der Waals surface area contributed by atoms with E-state index in [0.29, 0.717) is 22.5 Å². The molecule has 0 radical (unpaired) electrons. The van der Waals surface area contributed by atoms with E-state index in [9.17, 15) is 14.4 Å². The molecule has 2 heterocycles. The molecule has 0 fully saturated rings. The summed E-state index contributed by atoms with van der Waals surface area (Å²) < 4.78 is 16.4. The van der Waals surface area contributed by atoms with Gasteiger partial charge in [-0.3, -0.25) is 4.79 Å². The van der Waals surface area contributed by atoms with E-state index in [1.54, 1.807) is 48.7 Å². The number of ether oxygens (including phenoxy) is 2. The molecule has 7 heteroatoms. The van der Waals surface area contributed by atoms with Crippen LogP contribution in [0.3, 0.4) is 0 Å². The lowest BCUT2D eigenvalue weighted by molar-refractivity contribution is -0.149. The summed E-state index contributed by atoms with van der Waals surface area (Å²) in [5.41, 5.74) is 2.48. The van der Waals surface area contributed by atoms with Crippen LogP contribution < -0.4 is 10.4 Å². The van der Waals surface area contributed by atoms with Crippen LogP contribution in [0, 0.1) is 6.92 Å². The number of aromatic amines is 1. The summed E-state index contributed by atoms with van der Waals surface area (Å²) >= 11 is 0. The number of nitrogens with one attached hydrogen (secondary N) is 1. The van der Waals surface area contributed by atoms with Crippen LogP contribution in [-0.4, -0.2) is 23.3 Å². The van der Waals surface area contributed by atoms with Crippen molar-refractivity contribution in [2.24, 2.45) is 0 Å². The van der Waals surface area contributed by atoms with Gasteiger partial charge in [-0.25, -0.2) is 9.59 Å². The van der Waals surface area contributed by atoms with Crippen LogP contribution in [0.1, 0.15) is 27.6 Å². The molecule has 5 aromatic rings. The lowest BCUT2D eigenvalue weighted by Gasteiger charge is -2.17. The molecule has 2 aromatic heterocycles. The van der Waals surface area contributed by atoms with Crippen LogP contribution in [0.25, 0.3) is 21.9 Å². The molecule has 35 heavy (non-hydrogen) atoms. The van der Waals surface area contributed by atoms with Gasteiger partial charge in [-0.1, -0.05) is 48.5 Å². The van der Waals surface area contributed by atoms with Crippen molar-refractivity contribution < 1.29 is 23.5 Å². The smallest absolute Gasteiger partial charge is 0.345 e. The Hall–Kier alpha value is -4.65. The molecule has 0 saturated carbocycles. The number of carbonyl (C=O) groups is 2. The Morgan fingerprint density at radius 2 is 1.71 bits per heavy atom. The quantitative estimate of drug-likeness (QED) is 0.202. The van der Waals surface area contributed by atoms with Gasteiger partial charge in [-0.05, 0) is 30.7 Å². The van der Waals surface area contributed by atoms with E-state index in [0.717, 1.165) is 21.9 Å². The number of ketones is 1. The van der Waals surface area contributed by atoms with E-state index >= 15 is 0 Å². The van der Waals surface area contributed by atoms with Crippen LogP contribution in [0.15, 0.2) is 94.3 Å². The van der Waals surface area contributed by atoms with Crippen molar-refractivity contribution in [1.82, 2.24) is 4.98 Å². The third-order valence-electron chi connectivity index (χ3n) is 5.72. The van der Waals surface area contributed by atoms with E-state index in [1.165, 1.54) is 6.07 Å². The van der Waals surface area contributed by atoms with Gasteiger partial charge in [0, 0.05) is 45.7 Å². The normalized spacial score (nSPS) is 11.9. The molecule has 174 valence electrons. The molecule has 0 aliphatic carbocycles. The van der Waals surface area contributed by atoms with E-state index in [1.807, 2.05) is 37.3 Å². The Morgan fingerprint density at radius 1 is 0.943 bits per heavy atom. The second-order valence-electron chi connectivity index (χ2n) is 8.09. The van der Waals surface area contributed by atoms with Gasteiger partial charge in [0.05, 0.1) is 0 Å². The fraction of sp³-hybridized carbons (Fsp3) is 0.107. The number of para-hydroxylation sites is 1.